The van der Waals surface area contributed by atoms with Gasteiger partial charge < -0.3 is 11.1 Å². The van der Waals surface area contributed by atoms with Gasteiger partial charge >= 0.3 is 0 Å². The number of carbonyl (C=O) groups excluding carboxylic acids is 1. The molecule has 0 unspecified atom stereocenters. The zero-order valence-electron chi connectivity index (χ0n) is 13.4. The molecule has 4 heteroatoms. The van der Waals surface area contributed by atoms with Crippen LogP contribution < -0.4 is 11.1 Å². The number of likely N-dealkylation sites (tertiary alicyclic amines) is 1. The van der Waals surface area contributed by atoms with E-state index in [0.29, 0.717) is 17.6 Å². The van der Waals surface area contributed by atoms with Crippen LogP contribution in [0.2, 0.25) is 0 Å². The first kappa shape index (κ1) is 15.8. The molecule has 0 bridgehead atoms. The van der Waals surface area contributed by atoms with Crippen molar-refractivity contribution in [3.8, 4) is 0 Å². The van der Waals surface area contributed by atoms with Gasteiger partial charge in [0, 0.05) is 0 Å². The highest BCUT2D eigenvalue weighted by atomic mass is 16.2. The lowest BCUT2D eigenvalue weighted by atomic mass is 9.85. The maximum Gasteiger partial charge on any atom is 0.238 e. The van der Waals surface area contributed by atoms with Crippen LogP contribution in [0.25, 0.3) is 0 Å². The summed E-state index contributed by atoms with van der Waals surface area (Å²) in [7, 11) is 0. The van der Waals surface area contributed by atoms with Crippen molar-refractivity contribution < 1.29 is 4.79 Å². The number of anilines is 2. The SMILES string of the molecule is Cc1cccc(N)c1NC(=O)CN1CCCC(C)(C)CC1. The molecule has 1 saturated heterocycles. The Hall–Kier alpha value is -1.55. The van der Waals surface area contributed by atoms with Gasteiger partial charge in [-0.05, 0) is 56.3 Å². The van der Waals surface area contributed by atoms with Crippen LogP contribution in [0, 0.1) is 12.3 Å². The number of rotatable bonds is 3. The Balaban J connectivity index is 1.93. The molecule has 0 aliphatic carbocycles. The van der Waals surface area contributed by atoms with Gasteiger partial charge in [-0.3, -0.25) is 9.69 Å². The first-order valence-electron chi connectivity index (χ1n) is 7.75. The fourth-order valence-corrected chi connectivity index (χ4v) is 2.88. The first-order valence-corrected chi connectivity index (χ1v) is 7.75. The summed E-state index contributed by atoms with van der Waals surface area (Å²) in [5, 5.41) is 2.96. The zero-order valence-corrected chi connectivity index (χ0v) is 13.4. The quantitative estimate of drug-likeness (QED) is 0.841. The molecule has 4 nitrogen and oxygen atoms in total. The summed E-state index contributed by atoms with van der Waals surface area (Å²) >= 11 is 0. The average Bonchev–Trinajstić information content (AvgIpc) is 2.56. The lowest BCUT2D eigenvalue weighted by molar-refractivity contribution is -0.117. The van der Waals surface area contributed by atoms with Crippen LogP contribution in [0.4, 0.5) is 11.4 Å². The number of nitrogens with two attached hydrogens (primary N) is 1. The monoisotopic (exact) mass is 289 g/mol. The fourth-order valence-electron chi connectivity index (χ4n) is 2.88. The minimum absolute atomic E-state index is 0.0238. The van der Waals surface area contributed by atoms with Crippen LogP contribution in [0.1, 0.15) is 38.7 Å². The first-order chi connectivity index (χ1) is 9.87. The molecule has 0 aromatic heterocycles. The van der Waals surface area contributed by atoms with Crippen LogP contribution in [0.3, 0.4) is 0 Å². The number of amides is 1. The van der Waals surface area contributed by atoms with Gasteiger partial charge in [0.1, 0.15) is 0 Å². The second kappa shape index (κ2) is 6.48. The third kappa shape index (κ3) is 4.46. The molecule has 0 spiro atoms. The molecular weight excluding hydrogens is 262 g/mol. The third-order valence-corrected chi connectivity index (χ3v) is 4.37. The van der Waals surface area contributed by atoms with Crippen molar-refractivity contribution >= 4 is 17.3 Å². The number of para-hydroxylation sites is 1. The molecule has 21 heavy (non-hydrogen) atoms. The van der Waals surface area contributed by atoms with E-state index in [2.05, 4.69) is 24.1 Å². The lowest BCUT2D eigenvalue weighted by Gasteiger charge is -2.23. The molecule has 0 saturated carbocycles. The fraction of sp³-hybridized carbons (Fsp3) is 0.588. The highest BCUT2D eigenvalue weighted by Gasteiger charge is 2.24. The van der Waals surface area contributed by atoms with Crippen LogP contribution in [-0.4, -0.2) is 30.4 Å². The number of hydrogen-bond donors (Lipinski definition) is 2. The maximum absolute atomic E-state index is 12.3. The van der Waals surface area contributed by atoms with Crippen LogP contribution >= 0.6 is 0 Å². The van der Waals surface area contributed by atoms with Crippen molar-refractivity contribution in [1.82, 2.24) is 4.90 Å². The summed E-state index contributed by atoms with van der Waals surface area (Å²) in [6.45, 7) is 9.02. The summed E-state index contributed by atoms with van der Waals surface area (Å²) in [6.07, 6.45) is 3.54. The Labute approximate surface area is 127 Å². The molecule has 0 radical (unpaired) electrons. The predicted octanol–water partition coefficient (Wildman–Crippen LogP) is 3.03. The highest BCUT2D eigenvalue weighted by Crippen LogP contribution is 2.29. The molecule has 3 N–H and O–H groups in total. The summed E-state index contributed by atoms with van der Waals surface area (Å²) in [5.74, 6) is 0.0238. The van der Waals surface area contributed by atoms with Gasteiger partial charge in [-0.2, -0.15) is 0 Å². The average molecular weight is 289 g/mol. The molecule has 1 aromatic carbocycles. The van der Waals surface area contributed by atoms with E-state index in [1.807, 2.05) is 25.1 Å². The van der Waals surface area contributed by atoms with E-state index in [9.17, 15) is 4.79 Å². The van der Waals surface area contributed by atoms with Crippen molar-refractivity contribution in [2.45, 2.75) is 40.0 Å². The Morgan fingerprint density at radius 3 is 2.81 bits per heavy atom. The minimum atomic E-state index is 0.0238. The molecule has 1 heterocycles. The van der Waals surface area contributed by atoms with Crippen LogP contribution in [0.15, 0.2) is 18.2 Å². The number of nitrogens with one attached hydrogen (secondary N) is 1. The Bertz CT molecular complexity index is 491. The van der Waals surface area contributed by atoms with E-state index >= 15 is 0 Å². The molecule has 1 aliphatic rings. The topological polar surface area (TPSA) is 58.4 Å². The number of hydrogen-bond acceptors (Lipinski definition) is 3. The van der Waals surface area contributed by atoms with Crippen molar-refractivity contribution in [2.75, 3.05) is 30.7 Å². The van der Waals surface area contributed by atoms with E-state index < -0.39 is 0 Å². The molecule has 1 aliphatic heterocycles. The predicted molar refractivity (Wildman–Crippen MR) is 88.3 cm³/mol. The van der Waals surface area contributed by atoms with E-state index in [0.717, 1.165) is 37.2 Å². The van der Waals surface area contributed by atoms with Gasteiger partial charge in [0.05, 0.1) is 17.9 Å². The second-order valence-electron chi connectivity index (χ2n) is 6.88. The molecule has 0 atom stereocenters. The van der Waals surface area contributed by atoms with E-state index in [-0.39, 0.29) is 5.91 Å². The minimum Gasteiger partial charge on any atom is -0.397 e. The van der Waals surface area contributed by atoms with Crippen LogP contribution in [0.5, 0.6) is 0 Å². The Kier molecular flexibility index (Phi) is 4.88. The molecule has 1 fully saturated rings. The zero-order chi connectivity index (χ0) is 15.5. The van der Waals surface area contributed by atoms with Crippen molar-refractivity contribution in [1.29, 1.82) is 0 Å². The highest BCUT2D eigenvalue weighted by molar-refractivity contribution is 5.96. The summed E-state index contributed by atoms with van der Waals surface area (Å²) in [6, 6.07) is 5.68. The van der Waals surface area contributed by atoms with E-state index in [1.54, 1.807) is 0 Å². The van der Waals surface area contributed by atoms with Gasteiger partial charge in [-0.1, -0.05) is 26.0 Å². The van der Waals surface area contributed by atoms with Gasteiger partial charge in [0.15, 0.2) is 0 Å². The number of benzene rings is 1. The Morgan fingerprint density at radius 1 is 1.33 bits per heavy atom. The van der Waals surface area contributed by atoms with Gasteiger partial charge in [-0.25, -0.2) is 0 Å². The normalized spacial score (nSPS) is 19.0. The van der Waals surface area contributed by atoms with E-state index in [4.69, 9.17) is 5.73 Å². The smallest absolute Gasteiger partial charge is 0.238 e. The maximum atomic E-state index is 12.3. The van der Waals surface area contributed by atoms with Crippen molar-refractivity contribution in [3.63, 3.8) is 0 Å². The number of nitrogens with zero attached hydrogens (tertiary/aromatic N) is 1. The molecule has 2 rings (SSSR count). The van der Waals surface area contributed by atoms with Gasteiger partial charge in [-0.15, -0.1) is 0 Å². The molecule has 116 valence electrons. The summed E-state index contributed by atoms with van der Waals surface area (Å²) < 4.78 is 0. The number of carbonyl (C=O) groups is 1. The van der Waals surface area contributed by atoms with Crippen LogP contribution in [-0.2, 0) is 4.79 Å². The third-order valence-electron chi connectivity index (χ3n) is 4.37. The molecule has 1 amide bonds. The van der Waals surface area contributed by atoms with Crippen molar-refractivity contribution in [3.05, 3.63) is 23.8 Å². The standard InChI is InChI=1S/C17H27N3O/c1-13-6-4-7-14(18)16(13)19-15(21)12-20-10-5-8-17(2,3)9-11-20/h4,6-7H,5,8-12,18H2,1-3H3,(H,19,21). The Morgan fingerprint density at radius 2 is 2.10 bits per heavy atom. The largest absolute Gasteiger partial charge is 0.397 e. The summed E-state index contributed by atoms with van der Waals surface area (Å²) in [4.78, 5) is 14.5. The summed E-state index contributed by atoms with van der Waals surface area (Å²) in [5.41, 5.74) is 8.70. The number of aryl methyl sites for hydroxylation is 1. The van der Waals surface area contributed by atoms with E-state index in [1.165, 1.54) is 6.42 Å². The lowest BCUT2D eigenvalue weighted by Crippen LogP contribution is -2.34. The van der Waals surface area contributed by atoms with Crippen molar-refractivity contribution in [2.24, 2.45) is 5.41 Å². The second-order valence-corrected chi connectivity index (χ2v) is 6.88. The van der Waals surface area contributed by atoms with Gasteiger partial charge in [0.25, 0.3) is 0 Å². The molecule has 1 aromatic rings. The molecular formula is C17H27N3O. The van der Waals surface area contributed by atoms with Gasteiger partial charge in [0.2, 0.25) is 5.91 Å². The number of nitrogen functional groups attached to an aromatic ring is 1.